The lowest BCUT2D eigenvalue weighted by molar-refractivity contribution is -0.384. The number of non-ortho nitro benzene ring substituents is 1. The van der Waals surface area contributed by atoms with Crippen molar-refractivity contribution in [2.45, 2.75) is 46.1 Å². The van der Waals surface area contributed by atoms with Crippen LogP contribution in [0.5, 0.6) is 5.75 Å². The Kier molecular flexibility index (Phi) is 6.72. The van der Waals surface area contributed by atoms with Crippen molar-refractivity contribution in [3.05, 3.63) is 58.2 Å². The Bertz CT molecular complexity index is 1090. The molecule has 0 aromatic heterocycles. The van der Waals surface area contributed by atoms with Crippen molar-refractivity contribution in [2.75, 3.05) is 18.6 Å². The van der Waals surface area contributed by atoms with Gasteiger partial charge in [0.05, 0.1) is 23.3 Å². The van der Waals surface area contributed by atoms with E-state index in [2.05, 4.69) is 42.0 Å². The summed E-state index contributed by atoms with van der Waals surface area (Å²) in [7, 11) is 1.59. The molecule has 1 aliphatic heterocycles. The highest BCUT2D eigenvalue weighted by Crippen LogP contribution is 2.45. The fourth-order valence-electron chi connectivity index (χ4n) is 3.98. The molecule has 2 aromatic carbocycles. The monoisotopic (exact) mass is 436 g/mol. The van der Waals surface area contributed by atoms with Gasteiger partial charge in [0.15, 0.2) is 0 Å². The Morgan fingerprint density at radius 3 is 2.47 bits per heavy atom. The summed E-state index contributed by atoms with van der Waals surface area (Å²) in [6.07, 6.45) is 3.53. The minimum Gasteiger partial charge on any atom is -0.494 e. The van der Waals surface area contributed by atoms with Crippen molar-refractivity contribution in [1.29, 1.82) is 0 Å². The molecular formula is C24H28N4O4. The molecule has 0 unspecified atom stereocenters. The Hall–Kier alpha value is -3.55. The van der Waals surface area contributed by atoms with Gasteiger partial charge in [-0.3, -0.25) is 10.1 Å². The number of rotatable bonds is 8. The molecule has 0 radical (unpaired) electrons. The van der Waals surface area contributed by atoms with Crippen LogP contribution in [0, 0.1) is 10.1 Å². The standard InChI is InChI=1S/C24H28N4O4/c1-16-15-24(3,4)27(12-6-7-17(2)29)22-14-23(32-5)21(13-20(16)22)26-25-18-8-10-19(11-9-18)28(30)31/h8-11,13-15H,6-7,12H2,1-5H3. The number of ether oxygens (including phenoxy) is 1. The first-order chi connectivity index (χ1) is 15.1. The van der Waals surface area contributed by atoms with E-state index in [0.29, 0.717) is 23.5 Å². The van der Waals surface area contributed by atoms with Gasteiger partial charge in [-0.2, -0.15) is 5.11 Å². The number of fused-ring (bicyclic) bond motifs is 1. The van der Waals surface area contributed by atoms with Gasteiger partial charge < -0.3 is 14.4 Å². The molecule has 168 valence electrons. The number of nitro benzene ring substituents is 1. The first-order valence-corrected chi connectivity index (χ1v) is 10.5. The maximum Gasteiger partial charge on any atom is 0.269 e. The fraction of sp³-hybridized carbons (Fsp3) is 0.375. The highest BCUT2D eigenvalue weighted by molar-refractivity contribution is 5.85. The molecule has 0 bridgehead atoms. The Balaban J connectivity index is 1.96. The van der Waals surface area contributed by atoms with Crippen molar-refractivity contribution in [3.63, 3.8) is 0 Å². The molecule has 2 aromatic rings. The lowest BCUT2D eigenvalue weighted by Gasteiger charge is -2.43. The molecule has 0 saturated carbocycles. The molecule has 0 saturated heterocycles. The van der Waals surface area contributed by atoms with E-state index in [1.165, 1.54) is 12.1 Å². The number of hydrogen-bond acceptors (Lipinski definition) is 7. The third-order valence-electron chi connectivity index (χ3n) is 5.52. The first kappa shape index (κ1) is 23.1. The van der Waals surface area contributed by atoms with E-state index in [9.17, 15) is 14.9 Å². The minimum absolute atomic E-state index is 0.00329. The summed E-state index contributed by atoms with van der Waals surface area (Å²) in [5, 5.41) is 19.4. The second kappa shape index (κ2) is 9.30. The van der Waals surface area contributed by atoms with Crippen LogP contribution in [0.15, 0.2) is 52.7 Å². The van der Waals surface area contributed by atoms with Gasteiger partial charge in [-0.15, -0.1) is 5.11 Å². The third-order valence-corrected chi connectivity index (χ3v) is 5.52. The van der Waals surface area contributed by atoms with Gasteiger partial charge in [0.2, 0.25) is 0 Å². The van der Waals surface area contributed by atoms with Crippen LogP contribution >= 0.6 is 0 Å². The summed E-state index contributed by atoms with van der Waals surface area (Å²) >= 11 is 0. The number of azo groups is 1. The first-order valence-electron chi connectivity index (χ1n) is 10.5. The van der Waals surface area contributed by atoms with Crippen LogP contribution in [-0.2, 0) is 4.79 Å². The molecule has 32 heavy (non-hydrogen) atoms. The normalized spacial score (nSPS) is 14.8. The van der Waals surface area contributed by atoms with Crippen molar-refractivity contribution in [1.82, 2.24) is 0 Å². The van der Waals surface area contributed by atoms with E-state index in [0.717, 1.165) is 29.8 Å². The van der Waals surface area contributed by atoms with Gasteiger partial charge in [-0.1, -0.05) is 6.08 Å². The van der Waals surface area contributed by atoms with Crippen LogP contribution in [0.4, 0.5) is 22.7 Å². The summed E-state index contributed by atoms with van der Waals surface area (Å²) < 4.78 is 5.60. The van der Waals surface area contributed by atoms with Gasteiger partial charge >= 0.3 is 0 Å². The molecule has 8 nitrogen and oxygen atoms in total. The van der Waals surface area contributed by atoms with E-state index in [4.69, 9.17) is 4.74 Å². The lowest BCUT2D eigenvalue weighted by Crippen LogP contribution is -2.45. The van der Waals surface area contributed by atoms with Crippen LogP contribution in [-0.4, -0.2) is 29.9 Å². The number of methoxy groups -OCH3 is 1. The van der Waals surface area contributed by atoms with Crippen molar-refractivity contribution in [3.8, 4) is 5.75 Å². The van der Waals surface area contributed by atoms with Gasteiger partial charge in [-0.25, -0.2) is 0 Å². The summed E-state index contributed by atoms with van der Waals surface area (Å²) in [5.74, 6) is 0.767. The van der Waals surface area contributed by atoms with Crippen LogP contribution in [0.1, 0.15) is 46.1 Å². The van der Waals surface area contributed by atoms with Gasteiger partial charge in [0.1, 0.15) is 17.2 Å². The second-order valence-electron chi connectivity index (χ2n) is 8.45. The molecule has 0 atom stereocenters. The molecule has 0 spiro atoms. The summed E-state index contributed by atoms with van der Waals surface area (Å²) in [5.41, 5.74) is 4.07. The van der Waals surface area contributed by atoms with Crippen molar-refractivity contribution in [2.24, 2.45) is 10.2 Å². The number of ketones is 1. The summed E-state index contributed by atoms with van der Waals surface area (Å²) in [6, 6.07) is 9.81. The molecule has 1 aliphatic rings. The summed E-state index contributed by atoms with van der Waals surface area (Å²) in [4.78, 5) is 24.1. The smallest absolute Gasteiger partial charge is 0.269 e. The molecule has 0 aliphatic carbocycles. The SMILES string of the molecule is COc1cc2c(cc1N=Nc1ccc([N+](=O)[O-])cc1)C(C)=CC(C)(C)N2CCCC(C)=O. The van der Waals surface area contributed by atoms with Crippen molar-refractivity contribution < 1.29 is 14.5 Å². The largest absolute Gasteiger partial charge is 0.494 e. The number of anilines is 1. The van der Waals surface area contributed by atoms with Crippen molar-refractivity contribution >= 4 is 34.1 Å². The highest BCUT2D eigenvalue weighted by Gasteiger charge is 2.32. The number of carbonyl (C=O) groups is 1. The van der Waals surface area contributed by atoms with Crippen LogP contribution < -0.4 is 9.64 Å². The quantitative estimate of drug-likeness (QED) is 0.271. The average Bonchev–Trinajstić information content (AvgIpc) is 2.73. The fourth-order valence-corrected chi connectivity index (χ4v) is 3.98. The number of Topliss-reactive ketones (excluding diaryl/α,β-unsaturated/α-hetero) is 1. The van der Waals surface area contributed by atoms with Gasteiger partial charge in [0, 0.05) is 42.4 Å². The van der Waals surface area contributed by atoms with Crippen LogP contribution in [0.2, 0.25) is 0 Å². The molecule has 0 fully saturated rings. The summed E-state index contributed by atoms with van der Waals surface area (Å²) in [6.45, 7) is 8.74. The lowest BCUT2D eigenvalue weighted by atomic mass is 9.88. The zero-order chi connectivity index (χ0) is 23.5. The zero-order valence-corrected chi connectivity index (χ0v) is 19.1. The Morgan fingerprint density at radius 2 is 1.88 bits per heavy atom. The zero-order valence-electron chi connectivity index (χ0n) is 19.1. The Labute approximate surface area is 187 Å². The predicted molar refractivity (Wildman–Crippen MR) is 125 cm³/mol. The molecular weight excluding hydrogens is 408 g/mol. The third kappa shape index (κ3) is 5.01. The topological polar surface area (TPSA) is 97.4 Å². The number of nitrogens with zero attached hydrogens (tertiary/aromatic N) is 4. The van der Waals surface area contributed by atoms with E-state index in [1.807, 2.05) is 12.1 Å². The van der Waals surface area contributed by atoms with Crippen LogP contribution in [0.3, 0.4) is 0 Å². The van der Waals surface area contributed by atoms with Gasteiger partial charge in [0.25, 0.3) is 5.69 Å². The minimum atomic E-state index is -0.452. The van der Waals surface area contributed by atoms with E-state index >= 15 is 0 Å². The number of nitro groups is 1. The molecule has 0 N–H and O–H groups in total. The molecule has 3 rings (SSSR count). The number of allylic oxidation sites excluding steroid dienone is 1. The van der Waals surface area contributed by atoms with E-state index < -0.39 is 4.92 Å². The molecule has 1 heterocycles. The number of hydrogen-bond donors (Lipinski definition) is 0. The van der Waals surface area contributed by atoms with E-state index in [1.54, 1.807) is 26.2 Å². The maximum absolute atomic E-state index is 11.4. The maximum atomic E-state index is 11.4. The van der Waals surface area contributed by atoms with Gasteiger partial charge in [-0.05, 0) is 57.9 Å². The predicted octanol–water partition coefficient (Wildman–Crippen LogP) is 6.39. The second-order valence-corrected chi connectivity index (χ2v) is 8.45. The molecule has 8 heteroatoms. The molecule has 0 amide bonds. The van der Waals surface area contributed by atoms with E-state index in [-0.39, 0.29) is 17.0 Å². The number of carbonyl (C=O) groups excluding carboxylic acids is 1. The highest BCUT2D eigenvalue weighted by atomic mass is 16.6. The average molecular weight is 437 g/mol. The number of benzene rings is 2. The Morgan fingerprint density at radius 1 is 1.19 bits per heavy atom. The van der Waals surface area contributed by atoms with Crippen LogP contribution in [0.25, 0.3) is 5.57 Å².